The summed E-state index contributed by atoms with van der Waals surface area (Å²) >= 11 is 0. The van der Waals surface area contributed by atoms with Crippen LogP contribution in [-0.4, -0.2) is 35.5 Å². The van der Waals surface area contributed by atoms with E-state index < -0.39 is 17.3 Å². The van der Waals surface area contributed by atoms with Crippen LogP contribution in [0.15, 0.2) is 0 Å². The summed E-state index contributed by atoms with van der Waals surface area (Å²) in [5.74, 6) is -1.73. The van der Waals surface area contributed by atoms with Gasteiger partial charge in [-0.1, -0.05) is 0 Å². The molecule has 1 atom stereocenters. The van der Waals surface area contributed by atoms with E-state index in [1.54, 1.807) is 0 Å². The van der Waals surface area contributed by atoms with E-state index in [2.05, 4.69) is 0 Å². The fraction of sp³-hybridized carbons (Fsp3) is 0.800. The number of carboxylic acid groups (broad SMARTS) is 1. The average Bonchev–Trinajstić information content (AvgIpc) is 2.25. The molecule has 16 heavy (non-hydrogen) atoms. The zero-order chi connectivity index (χ0) is 12.6. The van der Waals surface area contributed by atoms with Gasteiger partial charge in [-0.05, 0) is 38.8 Å². The van der Waals surface area contributed by atoms with E-state index in [0.29, 0.717) is 32.4 Å². The number of nitrogens with two attached hydrogens (primary N) is 3. The van der Waals surface area contributed by atoms with Crippen LogP contribution in [-0.2, 0) is 9.59 Å². The molecule has 0 heterocycles. The number of aliphatic carboxylic acids is 1. The van der Waals surface area contributed by atoms with Gasteiger partial charge in [0.2, 0.25) is 0 Å². The summed E-state index contributed by atoms with van der Waals surface area (Å²) in [5.41, 5.74) is 14.4. The van der Waals surface area contributed by atoms with E-state index in [4.69, 9.17) is 22.3 Å². The lowest BCUT2D eigenvalue weighted by atomic mass is 9.87. The number of carbonyl (C=O) groups is 2. The van der Waals surface area contributed by atoms with Crippen molar-refractivity contribution in [2.75, 3.05) is 13.1 Å². The van der Waals surface area contributed by atoms with E-state index in [1.165, 1.54) is 0 Å². The Hall–Kier alpha value is -0.980. The van der Waals surface area contributed by atoms with E-state index >= 15 is 0 Å². The largest absolute Gasteiger partial charge is 0.480 e. The van der Waals surface area contributed by atoms with Crippen molar-refractivity contribution in [2.45, 2.75) is 37.6 Å². The van der Waals surface area contributed by atoms with Gasteiger partial charge in [0.1, 0.15) is 0 Å². The van der Waals surface area contributed by atoms with Crippen LogP contribution in [0.1, 0.15) is 32.1 Å². The molecule has 0 fully saturated rings. The lowest BCUT2D eigenvalue weighted by Gasteiger charge is -2.23. The fourth-order valence-corrected chi connectivity index (χ4v) is 1.40. The molecule has 0 amide bonds. The number of hydrogen-bond donors (Lipinski definition) is 4. The molecule has 0 bridgehead atoms. The first-order valence-electron chi connectivity index (χ1n) is 5.44. The number of Topliss-reactive ketones (excluding diaryl/α,β-unsaturated/α-hetero) is 1. The molecule has 6 nitrogen and oxygen atoms in total. The maximum absolute atomic E-state index is 11.7. The Morgan fingerprint density at radius 2 is 1.62 bits per heavy atom. The van der Waals surface area contributed by atoms with Gasteiger partial charge >= 0.3 is 5.97 Å². The molecule has 0 aliphatic carbocycles. The summed E-state index contributed by atoms with van der Waals surface area (Å²) < 4.78 is 0. The first-order chi connectivity index (χ1) is 7.49. The van der Waals surface area contributed by atoms with Gasteiger partial charge in [0.05, 0.1) is 0 Å². The molecule has 94 valence electrons. The van der Waals surface area contributed by atoms with Gasteiger partial charge in [-0.2, -0.15) is 0 Å². The molecule has 0 unspecified atom stereocenters. The quantitative estimate of drug-likeness (QED) is 0.303. The summed E-state index contributed by atoms with van der Waals surface area (Å²) in [5, 5.41) is 8.99. The first kappa shape index (κ1) is 15.0. The van der Waals surface area contributed by atoms with Crippen molar-refractivity contribution in [2.24, 2.45) is 17.2 Å². The average molecular weight is 231 g/mol. The maximum Gasteiger partial charge on any atom is 0.331 e. The Balaban J connectivity index is 4.42. The zero-order valence-corrected chi connectivity index (χ0v) is 9.45. The SMILES string of the molecule is NCCCC[C@](N)(C(=O)O)C(=O)CCCN. The molecule has 6 heteroatoms. The minimum atomic E-state index is -1.77. The fourth-order valence-electron chi connectivity index (χ4n) is 1.40. The molecule has 0 aromatic carbocycles. The van der Waals surface area contributed by atoms with Crippen molar-refractivity contribution >= 4 is 11.8 Å². The Kier molecular flexibility index (Phi) is 6.87. The topological polar surface area (TPSA) is 132 Å². The number of hydrogen-bond acceptors (Lipinski definition) is 5. The molecular weight excluding hydrogens is 210 g/mol. The van der Waals surface area contributed by atoms with E-state index in [-0.39, 0.29) is 12.8 Å². The molecule has 7 N–H and O–H groups in total. The third-order valence-corrected chi connectivity index (χ3v) is 2.51. The van der Waals surface area contributed by atoms with E-state index in [9.17, 15) is 9.59 Å². The summed E-state index contributed by atoms with van der Waals surface area (Å²) in [6.45, 7) is 0.816. The van der Waals surface area contributed by atoms with Crippen molar-refractivity contribution in [1.29, 1.82) is 0 Å². The van der Waals surface area contributed by atoms with Crippen molar-refractivity contribution in [3.05, 3.63) is 0 Å². The lowest BCUT2D eigenvalue weighted by molar-refractivity contribution is -0.148. The minimum absolute atomic E-state index is 0.113. The smallest absolute Gasteiger partial charge is 0.331 e. The van der Waals surface area contributed by atoms with E-state index in [1.807, 2.05) is 0 Å². The Bertz CT molecular complexity index is 245. The maximum atomic E-state index is 11.7. The van der Waals surface area contributed by atoms with Crippen molar-refractivity contribution in [1.82, 2.24) is 0 Å². The third-order valence-electron chi connectivity index (χ3n) is 2.51. The summed E-state index contributed by atoms with van der Waals surface area (Å²) in [7, 11) is 0. The van der Waals surface area contributed by atoms with E-state index in [0.717, 1.165) is 0 Å². The molecule has 0 aromatic rings. The van der Waals surface area contributed by atoms with Gasteiger partial charge in [-0.3, -0.25) is 4.79 Å². The minimum Gasteiger partial charge on any atom is -0.480 e. The molecule has 0 saturated carbocycles. The van der Waals surface area contributed by atoms with Crippen LogP contribution in [0.4, 0.5) is 0 Å². The van der Waals surface area contributed by atoms with Crippen LogP contribution in [0.3, 0.4) is 0 Å². The monoisotopic (exact) mass is 231 g/mol. The lowest BCUT2D eigenvalue weighted by Crippen LogP contribution is -2.55. The number of unbranched alkanes of at least 4 members (excludes halogenated alkanes) is 1. The predicted molar refractivity (Wildman–Crippen MR) is 60.8 cm³/mol. The second-order valence-electron chi connectivity index (χ2n) is 3.84. The Morgan fingerprint density at radius 1 is 1.06 bits per heavy atom. The molecule has 0 spiro atoms. The molecular formula is C10H21N3O3. The molecule has 0 aliphatic heterocycles. The van der Waals surface area contributed by atoms with Gasteiger partial charge in [-0.25, -0.2) is 4.79 Å². The second-order valence-corrected chi connectivity index (χ2v) is 3.84. The van der Waals surface area contributed by atoms with Gasteiger partial charge in [0.15, 0.2) is 11.3 Å². The van der Waals surface area contributed by atoms with Gasteiger partial charge in [0, 0.05) is 6.42 Å². The van der Waals surface area contributed by atoms with Crippen LogP contribution in [0, 0.1) is 0 Å². The zero-order valence-electron chi connectivity index (χ0n) is 9.45. The molecule has 0 aromatic heterocycles. The van der Waals surface area contributed by atoms with Crippen molar-refractivity contribution in [3.8, 4) is 0 Å². The summed E-state index contributed by atoms with van der Waals surface area (Å²) in [6.07, 6.45) is 1.90. The molecule has 0 rings (SSSR count). The number of carbonyl (C=O) groups excluding carboxylic acids is 1. The van der Waals surface area contributed by atoms with Crippen molar-refractivity contribution < 1.29 is 14.7 Å². The highest BCUT2D eigenvalue weighted by Gasteiger charge is 2.40. The van der Waals surface area contributed by atoms with Crippen LogP contribution in [0.2, 0.25) is 0 Å². The molecule has 0 radical (unpaired) electrons. The van der Waals surface area contributed by atoms with Gasteiger partial charge in [0.25, 0.3) is 0 Å². The Labute approximate surface area is 95.2 Å². The number of carboxylic acids is 1. The van der Waals surface area contributed by atoms with Crippen LogP contribution in [0.25, 0.3) is 0 Å². The first-order valence-corrected chi connectivity index (χ1v) is 5.44. The summed E-state index contributed by atoms with van der Waals surface area (Å²) in [4.78, 5) is 22.7. The summed E-state index contributed by atoms with van der Waals surface area (Å²) in [6, 6.07) is 0. The highest BCUT2D eigenvalue weighted by molar-refractivity contribution is 6.07. The van der Waals surface area contributed by atoms with Gasteiger partial charge in [-0.15, -0.1) is 0 Å². The van der Waals surface area contributed by atoms with Crippen LogP contribution < -0.4 is 17.2 Å². The molecule has 0 aliphatic rings. The molecule has 0 saturated heterocycles. The third kappa shape index (κ3) is 4.26. The van der Waals surface area contributed by atoms with Crippen LogP contribution >= 0.6 is 0 Å². The van der Waals surface area contributed by atoms with Crippen molar-refractivity contribution in [3.63, 3.8) is 0 Å². The Morgan fingerprint density at radius 3 is 2.06 bits per heavy atom. The predicted octanol–water partition coefficient (Wildman–Crippen LogP) is -0.794. The number of rotatable bonds is 9. The normalized spacial score (nSPS) is 14.4. The highest BCUT2D eigenvalue weighted by Crippen LogP contribution is 2.15. The second kappa shape index (κ2) is 7.32. The standard InChI is InChI=1S/C10H21N3O3/c11-6-2-1-5-10(13,9(15)16)8(14)4-3-7-12/h1-7,11-13H2,(H,15,16)/t10-/m1/s1. The van der Waals surface area contributed by atoms with Crippen LogP contribution in [0.5, 0.6) is 0 Å². The number of ketones is 1. The highest BCUT2D eigenvalue weighted by atomic mass is 16.4. The van der Waals surface area contributed by atoms with Gasteiger partial charge < -0.3 is 22.3 Å².